The summed E-state index contributed by atoms with van der Waals surface area (Å²) in [4.78, 5) is 37.3. The zero-order chi connectivity index (χ0) is 22.1. The van der Waals surface area contributed by atoms with Crippen LogP contribution in [0, 0.1) is 5.92 Å². The first kappa shape index (κ1) is 22.9. The molecule has 0 saturated carbocycles. The van der Waals surface area contributed by atoms with Gasteiger partial charge in [0.2, 0.25) is 5.91 Å². The maximum atomic E-state index is 12.8. The first-order valence-electron chi connectivity index (χ1n) is 9.97. The van der Waals surface area contributed by atoms with Crippen LogP contribution in [0.4, 0.5) is 5.69 Å². The van der Waals surface area contributed by atoms with Crippen LogP contribution in [0.15, 0.2) is 48.5 Å². The van der Waals surface area contributed by atoms with Gasteiger partial charge in [0, 0.05) is 11.3 Å². The monoisotopic (exact) mass is 412 g/mol. The number of carbonyl (C=O) groups is 3. The highest BCUT2D eigenvalue weighted by Crippen LogP contribution is 2.15. The predicted octanol–water partition coefficient (Wildman–Crippen LogP) is 3.66. The van der Waals surface area contributed by atoms with E-state index in [1.54, 1.807) is 55.5 Å². The second kappa shape index (κ2) is 11.0. The Morgan fingerprint density at radius 1 is 0.933 bits per heavy atom. The Morgan fingerprint density at radius 3 is 2.23 bits per heavy atom. The van der Waals surface area contributed by atoms with Crippen LogP contribution in [0.1, 0.15) is 48.4 Å². The summed E-state index contributed by atoms with van der Waals surface area (Å²) in [7, 11) is 0. The van der Waals surface area contributed by atoms with Gasteiger partial charge in [0.05, 0.1) is 18.8 Å². The normalized spacial score (nSPS) is 11.5. The van der Waals surface area contributed by atoms with Crippen LogP contribution in [0.2, 0.25) is 0 Å². The van der Waals surface area contributed by atoms with Crippen LogP contribution in [-0.4, -0.2) is 37.0 Å². The number of nitrogens with one attached hydrogen (secondary N) is 2. The molecule has 0 radical (unpaired) electrons. The number of esters is 1. The second-order valence-corrected chi connectivity index (χ2v) is 6.94. The van der Waals surface area contributed by atoms with Gasteiger partial charge in [-0.05, 0) is 62.2 Å². The molecule has 0 saturated heterocycles. The molecule has 0 spiro atoms. The molecule has 2 rings (SSSR count). The van der Waals surface area contributed by atoms with E-state index in [-0.39, 0.29) is 24.3 Å². The largest absolute Gasteiger partial charge is 0.494 e. The second-order valence-electron chi connectivity index (χ2n) is 6.94. The Balaban J connectivity index is 2.08. The lowest BCUT2D eigenvalue weighted by Crippen LogP contribution is -2.47. The lowest BCUT2D eigenvalue weighted by molar-refractivity contribution is -0.118. The van der Waals surface area contributed by atoms with E-state index in [2.05, 4.69) is 10.6 Å². The number of hydrogen-bond donors (Lipinski definition) is 2. The highest BCUT2D eigenvalue weighted by molar-refractivity contribution is 6.02. The van der Waals surface area contributed by atoms with Crippen LogP contribution < -0.4 is 15.4 Å². The molecule has 7 heteroatoms. The highest BCUT2D eigenvalue weighted by atomic mass is 16.5. The topological polar surface area (TPSA) is 93.7 Å². The van der Waals surface area contributed by atoms with Crippen LogP contribution in [-0.2, 0) is 9.53 Å². The lowest BCUT2D eigenvalue weighted by atomic mass is 10.0. The van der Waals surface area contributed by atoms with Crippen molar-refractivity contribution >= 4 is 23.5 Å². The van der Waals surface area contributed by atoms with Crippen molar-refractivity contribution in [2.24, 2.45) is 5.92 Å². The van der Waals surface area contributed by atoms with E-state index in [1.165, 1.54) is 0 Å². The molecule has 0 bridgehead atoms. The van der Waals surface area contributed by atoms with Gasteiger partial charge in [-0.15, -0.1) is 0 Å². The molecule has 0 heterocycles. The van der Waals surface area contributed by atoms with Crippen molar-refractivity contribution in [1.29, 1.82) is 0 Å². The Labute approximate surface area is 176 Å². The van der Waals surface area contributed by atoms with Gasteiger partial charge in [-0.1, -0.05) is 19.9 Å². The Kier molecular flexibility index (Phi) is 8.41. The molecule has 0 fully saturated rings. The van der Waals surface area contributed by atoms with Crippen molar-refractivity contribution in [3.63, 3.8) is 0 Å². The number of carbonyl (C=O) groups excluding carboxylic acids is 3. The number of hydrogen-bond acceptors (Lipinski definition) is 5. The predicted molar refractivity (Wildman–Crippen MR) is 115 cm³/mol. The van der Waals surface area contributed by atoms with Crippen molar-refractivity contribution in [1.82, 2.24) is 5.32 Å². The van der Waals surface area contributed by atoms with Gasteiger partial charge in [-0.2, -0.15) is 0 Å². The molecule has 7 nitrogen and oxygen atoms in total. The average Bonchev–Trinajstić information content (AvgIpc) is 2.72. The van der Waals surface area contributed by atoms with E-state index in [0.29, 0.717) is 29.2 Å². The summed E-state index contributed by atoms with van der Waals surface area (Å²) >= 11 is 0. The molecule has 0 aromatic heterocycles. The Morgan fingerprint density at radius 2 is 1.63 bits per heavy atom. The fraction of sp³-hybridized carbons (Fsp3) is 0.348. The standard InChI is InChI=1S/C23H28N2O5/c1-5-29-19-12-10-16(11-13-19)21(26)25-20(15(3)4)22(27)24-18-9-7-8-17(14-18)23(28)30-6-2/h7-15,20H,5-6H2,1-4H3,(H,24,27)(H,25,26)/t20-/m0/s1. The zero-order valence-electron chi connectivity index (χ0n) is 17.7. The first-order valence-corrected chi connectivity index (χ1v) is 9.97. The molecule has 0 aliphatic heterocycles. The summed E-state index contributed by atoms with van der Waals surface area (Å²) < 4.78 is 10.4. The fourth-order valence-corrected chi connectivity index (χ4v) is 2.79. The molecule has 2 aromatic carbocycles. The van der Waals surface area contributed by atoms with Gasteiger partial charge in [-0.25, -0.2) is 4.79 Å². The molecule has 30 heavy (non-hydrogen) atoms. The van der Waals surface area contributed by atoms with Crippen molar-refractivity contribution in [2.45, 2.75) is 33.7 Å². The third-order valence-corrected chi connectivity index (χ3v) is 4.30. The summed E-state index contributed by atoms with van der Waals surface area (Å²) in [5.41, 5.74) is 1.22. The van der Waals surface area contributed by atoms with E-state index in [1.807, 2.05) is 20.8 Å². The van der Waals surface area contributed by atoms with E-state index >= 15 is 0 Å². The van der Waals surface area contributed by atoms with Gasteiger partial charge < -0.3 is 20.1 Å². The summed E-state index contributed by atoms with van der Waals surface area (Å²) in [5.74, 6) is -0.658. The van der Waals surface area contributed by atoms with Gasteiger partial charge in [0.25, 0.3) is 5.91 Å². The molecule has 2 N–H and O–H groups in total. The number of benzene rings is 2. The smallest absolute Gasteiger partial charge is 0.338 e. The minimum atomic E-state index is -0.754. The summed E-state index contributed by atoms with van der Waals surface area (Å²) in [6.07, 6.45) is 0. The first-order chi connectivity index (χ1) is 14.3. The molecule has 1 atom stereocenters. The maximum absolute atomic E-state index is 12.8. The highest BCUT2D eigenvalue weighted by Gasteiger charge is 2.25. The minimum Gasteiger partial charge on any atom is -0.494 e. The lowest BCUT2D eigenvalue weighted by Gasteiger charge is -2.22. The third kappa shape index (κ3) is 6.34. The summed E-state index contributed by atoms with van der Waals surface area (Å²) in [6, 6.07) is 12.5. The van der Waals surface area contributed by atoms with Crippen LogP contribution in [0.5, 0.6) is 5.75 Å². The van der Waals surface area contributed by atoms with Crippen molar-refractivity contribution < 1.29 is 23.9 Å². The summed E-state index contributed by atoms with van der Waals surface area (Å²) in [6.45, 7) is 8.11. The quantitative estimate of drug-likeness (QED) is 0.613. The van der Waals surface area contributed by atoms with Gasteiger partial charge >= 0.3 is 5.97 Å². The Hall–Kier alpha value is -3.35. The Bertz CT molecular complexity index is 877. The molecule has 160 valence electrons. The molecule has 0 aliphatic rings. The van der Waals surface area contributed by atoms with Gasteiger partial charge in [0.1, 0.15) is 11.8 Å². The SMILES string of the molecule is CCOC(=O)c1cccc(NC(=O)[C@@H](NC(=O)c2ccc(OCC)cc2)C(C)C)c1. The van der Waals surface area contributed by atoms with Crippen LogP contribution in [0.25, 0.3) is 0 Å². The molecule has 2 aromatic rings. The number of amides is 2. The average molecular weight is 412 g/mol. The van der Waals surface area contributed by atoms with Crippen LogP contribution >= 0.6 is 0 Å². The number of ether oxygens (including phenoxy) is 2. The molecule has 2 amide bonds. The van der Waals surface area contributed by atoms with E-state index in [4.69, 9.17) is 9.47 Å². The maximum Gasteiger partial charge on any atom is 0.338 e. The zero-order valence-corrected chi connectivity index (χ0v) is 17.7. The van der Waals surface area contributed by atoms with Gasteiger partial charge in [-0.3, -0.25) is 9.59 Å². The van der Waals surface area contributed by atoms with Crippen LogP contribution in [0.3, 0.4) is 0 Å². The number of rotatable bonds is 9. The molecule has 0 aliphatic carbocycles. The summed E-state index contributed by atoms with van der Waals surface area (Å²) in [5, 5.41) is 5.54. The molecular weight excluding hydrogens is 384 g/mol. The van der Waals surface area contributed by atoms with E-state index < -0.39 is 12.0 Å². The fourth-order valence-electron chi connectivity index (χ4n) is 2.79. The van der Waals surface area contributed by atoms with E-state index in [9.17, 15) is 14.4 Å². The number of anilines is 1. The molecule has 0 unspecified atom stereocenters. The van der Waals surface area contributed by atoms with Crippen molar-refractivity contribution in [2.75, 3.05) is 18.5 Å². The minimum absolute atomic E-state index is 0.148. The van der Waals surface area contributed by atoms with Gasteiger partial charge in [0.15, 0.2) is 0 Å². The molecular formula is C23H28N2O5. The third-order valence-electron chi connectivity index (χ3n) is 4.30. The van der Waals surface area contributed by atoms with E-state index in [0.717, 1.165) is 0 Å². The van der Waals surface area contributed by atoms with Crippen molar-refractivity contribution in [3.8, 4) is 5.75 Å². The van der Waals surface area contributed by atoms with Crippen molar-refractivity contribution in [3.05, 3.63) is 59.7 Å².